The molecule has 0 fully saturated rings. The minimum Gasteiger partial charge on any atom is -0.491 e. The largest absolute Gasteiger partial charge is 0.491 e. The highest BCUT2D eigenvalue weighted by Gasteiger charge is 2.19. The van der Waals surface area contributed by atoms with Crippen LogP contribution in [0.3, 0.4) is 0 Å². The van der Waals surface area contributed by atoms with Crippen molar-refractivity contribution in [3.63, 3.8) is 0 Å². The van der Waals surface area contributed by atoms with Gasteiger partial charge in [-0.05, 0) is 29.5 Å². The van der Waals surface area contributed by atoms with E-state index in [1.807, 2.05) is 13.0 Å². The smallest absolute Gasteiger partial charge is 0.309 e. The van der Waals surface area contributed by atoms with E-state index in [0.29, 0.717) is 23.9 Å². The van der Waals surface area contributed by atoms with Crippen molar-refractivity contribution in [1.82, 2.24) is 10.3 Å². The van der Waals surface area contributed by atoms with Crippen LogP contribution in [0.5, 0.6) is 5.75 Å². The molecule has 2 rings (SSSR count). The SMILES string of the molecule is Cc1ccc(C(C)(C)C)c(OCCNC(=O)Cc2nc(CC(=O)O)cs2)c1. The Morgan fingerprint density at radius 2 is 2.00 bits per heavy atom. The molecule has 0 atom stereocenters. The number of aryl methyl sites for hydroxylation is 1. The van der Waals surface area contributed by atoms with E-state index in [1.54, 1.807) is 5.38 Å². The monoisotopic (exact) mass is 390 g/mol. The van der Waals surface area contributed by atoms with Gasteiger partial charge < -0.3 is 15.2 Å². The van der Waals surface area contributed by atoms with Gasteiger partial charge in [-0.1, -0.05) is 32.9 Å². The van der Waals surface area contributed by atoms with Gasteiger partial charge in [0.15, 0.2) is 0 Å². The van der Waals surface area contributed by atoms with Crippen LogP contribution >= 0.6 is 11.3 Å². The standard InChI is InChI=1S/C20H26N2O4S/c1-13-5-6-15(20(2,3)4)16(9-13)26-8-7-21-17(23)11-18-22-14(12-27-18)10-19(24)25/h5-6,9,12H,7-8,10-11H2,1-4H3,(H,21,23)(H,24,25). The highest BCUT2D eigenvalue weighted by atomic mass is 32.1. The van der Waals surface area contributed by atoms with Gasteiger partial charge in [0.1, 0.15) is 17.4 Å². The number of aliphatic carboxylic acids is 1. The first-order chi connectivity index (χ1) is 12.6. The molecule has 0 radical (unpaired) electrons. The maximum Gasteiger partial charge on any atom is 0.309 e. The van der Waals surface area contributed by atoms with Crippen LogP contribution in [0, 0.1) is 6.92 Å². The van der Waals surface area contributed by atoms with Crippen LogP contribution in [0.15, 0.2) is 23.6 Å². The Morgan fingerprint density at radius 1 is 1.26 bits per heavy atom. The van der Waals surface area contributed by atoms with E-state index in [4.69, 9.17) is 9.84 Å². The van der Waals surface area contributed by atoms with Crippen LogP contribution in [0.25, 0.3) is 0 Å². The Kier molecular flexibility index (Phi) is 6.96. The molecule has 6 nitrogen and oxygen atoms in total. The number of rotatable bonds is 8. The van der Waals surface area contributed by atoms with Gasteiger partial charge in [-0.25, -0.2) is 4.98 Å². The van der Waals surface area contributed by atoms with Gasteiger partial charge in [0.25, 0.3) is 0 Å². The highest BCUT2D eigenvalue weighted by Crippen LogP contribution is 2.31. The maximum atomic E-state index is 12.0. The molecular weight excluding hydrogens is 364 g/mol. The second kappa shape index (κ2) is 8.99. The number of hydrogen-bond donors (Lipinski definition) is 2. The summed E-state index contributed by atoms with van der Waals surface area (Å²) in [5, 5.41) is 13.8. The molecule has 1 amide bonds. The normalized spacial score (nSPS) is 11.3. The fraction of sp³-hybridized carbons (Fsp3) is 0.450. The van der Waals surface area contributed by atoms with Crippen LogP contribution in [-0.4, -0.2) is 35.1 Å². The van der Waals surface area contributed by atoms with E-state index in [1.165, 1.54) is 11.3 Å². The molecule has 0 saturated carbocycles. The minimum atomic E-state index is -0.931. The van der Waals surface area contributed by atoms with Crippen LogP contribution in [0.4, 0.5) is 0 Å². The summed E-state index contributed by atoms with van der Waals surface area (Å²) in [6, 6.07) is 6.17. The zero-order valence-corrected chi connectivity index (χ0v) is 17.0. The summed E-state index contributed by atoms with van der Waals surface area (Å²) in [6.45, 7) is 9.20. The number of carboxylic acid groups (broad SMARTS) is 1. The zero-order valence-electron chi connectivity index (χ0n) is 16.2. The number of thiazole rings is 1. The first-order valence-electron chi connectivity index (χ1n) is 8.81. The molecule has 0 aliphatic carbocycles. The lowest BCUT2D eigenvalue weighted by Gasteiger charge is -2.23. The van der Waals surface area contributed by atoms with Crippen molar-refractivity contribution in [2.75, 3.05) is 13.2 Å². The van der Waals surface area contributed by atoms with Crippen LogP contribution < -0.4 is 10.1 Å². The molecule has 0 saturated heterocycles. The van der Waals surface area contributed by atoms with E-state index in [2.05, 4.69) is 43.2 Å². The van der Waals surface area contributed by atoms with Crippen molar-refractivity contribution >= 4 is 23.2 Å². The summed E-state index contributed by atoms with van der Waals surface area (Å²) in [6.07, 6.45) is 0.0144. The molecule has 2 N–H and O–H groups in total. The van der Waals surface area contributed by atoms with E-state index < -0.39 is 5.97 Å². The van der Waals surface area contributed by atoms with Crippen molar-refractivity contribution < 1.29 is 19.4 Å². The Morgan fingerprint density at radius 3 is 2.67 bits per heavy atom. The summed E-state index contributed by atoms with van der Waals surface area (Å²) >= 11 is 1.30. The number of nitrogens with zero attached hydrogens (tertiary/aromatic N) is 1. The Bertz CT molecular complexity index is 809. The van der Waals surface area contributed by atoms with E-state index in [0.717, 1.165) is 16.9 Å². The fourth-order valence-corrected chi connectivity index (χ4v) is 3.38. The number of aromatic nitrogens is 1. The predicted octanol–water partition coefficient (Wildman–Crippen LogP) is 3.11. The molecule has 7 heteroatoms. The van der Waals surface area contributed by atoms with Crippen LogP contribution in [0.2, 0.25) is 0 Å². The molecule has 0 spiro atoms. The summed E-state index contributed by atoms with van der Waals surface area (Å²) in [5.74, 6) is -0.246. The number of nitrogens with one attached hydrogen (secondary N) is 1. The average Bonchev–Trinajstić information content (AvgIpc) is 2.96. The minimum absolute atomic E-state index is 0.0230. The first kappa shape index (κ1) is 20.9. The average molecular weight is 391 g/mol. The summed E-state index contributed by atoms with van der Waals surface area (Å²) < 4.78 is 5.90. The van der Waals surface area contributed by atoms with E-state index in [-0.39, 0.29) is 24.2 Å². The van der Waals surface area contributed by atoms with Crippen molar-refractivity contribution in [2.45, 2.75) is 46.0 Å². The lowest BCUT2D eigenvalue weighted by atomic mass is 9.86. The van der Waals surface area contributed by atoms with Gasteiger partial charge in [-0.15, -0.1) is 11.3 Å². The summed E-state index contributed by atoms with van der Waals surface area (Å²) in [5.41, 5.74) is 2.72. The summed E-state index contributed by atoms with van der Waals surface area (Å²) in [4.78, 5) is 26.8. The number of benzene rings is 1. The third-order valence-corrected chi connectivity index (χ3v) is 4.77. The maximum absolute atomic E-state index is 12.0. The molecule has 27 heavy (non-hydrogen) atoms. The third-order valence-electron chi connectivity index (χ3n) is 3.87. The lowest BCUT2D eigenvalue weighted by Crippen LogP contribution is -2.29. The van der Waals surface area contributed by atoms with Gasteiger partial charge in [-0.2, -0.15) is 0 Å². The molecule has 0 aliphatic rings. The van der Waals surface area contributed by atoms with Gasteiger partial charge in [0.05, 0.1) is 25.1 Å². The van der Waals surface area contributed by atoms with Crippen LogP contribution in [0.1, 0.15) is 42.6 Å². The van der Waals surface area contributed by atoms with Crippen molar-refractivity contribution in [1.29, 1.82) is 0 Å². The summed E-state index contributed by atoms with van der Waals surface area (Å²) in [7, 11) is 0. The molecule has 0 bridgehead atoms. The first-order valence-corrected chi connectivity index (χ1v) is 9.69. The van der Waals surface area contributed by atoms with Gasteiger partial charge >= 0.3 is 5.97 Å². The molecule has 1 aromatic carbocycles. The number of carbonyl (C=O) groups is 2. The quantitative estimate of drug-likeness (QED) is 0.676. The number of carboxylic acids is 1. The van der Waals surface area contributed by atoms with Gasteiger partial charge in [0, 0.05) is 5.38 Å². The Balaban J connectivity index is 1.81. The third kappa shape index (κ3) is 6.67. The van der Waals surface area contributed by atoms with Gasteiger partial charge in [0.2, 0.25) is 5.91 Å². The molecule has 0 aliphatic heterocycles. The molecular formula is C20H26N2O4S. The van der Waals surface area contributed by atoms with Crippen LogP contribution in [-0.2, 0) is 27.8 Å². The molecule has 146 valence electrons. The van der Waals surface area contributed by atoms with E-state index >= 15 is 0 Å². The second-order valence-electron chi connectivity index (χ2n) is 7.43. The Labute approximate surface area is 163 Å². The molecule has 2 aromatic rings. The fourth-order valence-electron chi connectivity index (χ4n) is 2.59. The number of ether oxygens (including phenoxy) is 1. The van der Waals surface area contributed by atoms with E-state index in [9.17, 15) is 9.59 Å². The highest BCUT2D eigenvalue weighted by molar-refractivity contribution is 7.09. The number of carbonyl (C=O) groups excluding carboxylic acids is 1. The van der Waals surface area contributed by atoms with Crippen molar-refractivity contribution in [3.05, 3.63) is 45.4 Å². The van der Waals surface area contributed by atoms with Crippen molar-refractivity contribution in [3.8, 4) is 5.75 Å². The second-order valence-corrected chi connectivity index (χ2v) is 8.37. The molecule has 0 unspecified atom stereocenters. The zero-order chi connectivity index (χ0) is 20.0. The lowest BCUT2D eigenvalue weighted by molar-refractivity contribution is -0.136. The Hall–Kier alpha value is -2.41. The molecule has 1 heterocycles. The topological polar surface area (TPSA) is 88.5 Å². The van der Waals surface area contributed by atoms with Gasteiger partial charge in [-0.3, -0.25) is 9.59 Å². The number of hydrogen-bond acceptors (Lipinski definition) is 5. The van der Waals surface area contributed by atoms with Crippen molar-refractivity contribution in [2.24, 2.45) is 0 Å². The predicted molar refractivity (Wildman–Crippen MR) is 106 cm³/mol. The molecule has 1 aromatic heterocycles. The number of amides is 1.